The van der Waals surface area contributed by atoms with Gasteiger partial charge in [0.15, 0.2) is 0 Å². The fraction of sp³-hybridized carbons (Fsp3) is 0.400. The van der Waals surface area contributed by atoms with Crippen molar-refractivity contribution in [2.24, 2.45) is 5.92 Å². The molecule has 0 aliphatic heterocycles. The van der Waals surface area contributed by atoms with Crippen LogP contribution in [0.2, 0.25) is 0 Å². The first kappa shape index (κ1) is 15.4. The van der Waals surface area contributed by atoms with Crippen molar-refractivity contribution in [2.75, 3.05) is 6.61 Å². The summed E-state index contributed by atoms with van der Waals surface area (Å²) in [5.74, 6) is 0.202. The van der Waals surface area contributed by atoms with Crippen molar-refractivity contribution in [3.8, 4) is 0 Å². The molecule has 0 atom stereocenters. The molecule has 82 valence electrons. The van der Waals surface area contributed by atoms with E-state index in [9.17, 15) is 8.42 Å². The third-order valence-electron chi connectivity index (χ3n) is 1.59. The van der Waals surface area contributed by atoms with Gasteiger partial charge in [-0.15, -0.1) is 0 Å². The molecule has 3 nitrogen and oxygen atoms in total. The van der Waals surface area contributed by atoms with Gasteiger partial charge in [-0.3, -0.25) is 4.18 Å². The van der Waals surface area contributed by atoms with E-state index in [2.05, 4.69) is 0 Å². The monoisotopic (exact) mass is 256 g/mol. The number of hydrogen-bond donors (Lipinski definition) is 0. The molecule has 0 aliphatic rings. The van der Waals surface area contributed by atoms with Gasteiger partial charge in [-0.1, -0.05) is 32.0 Å². The molecule has 1 rings (SSSR count). The second-order valence-corrected chi connectivity index (χ2v) is 5.06. The molecule has 1 aromatic rings. The van der Waals surface area contributed by atoms with Crippen molar-refractivity contribution in [1.82, 2.24) is 0 Å². The smallest absolute Gasteiger partial charge is 1.00 e. The maximum absolute atomic E-state index is 11.5. The van der Waals surface area contributed by atoms with Gasteiger partial charge in [-0.2, -0.15) is 8.42 Å². The van der Waals surface area contributed by atoms with Gasteiger partial charge in [-0.05, 0) is 18.1 Å². The van der Waals surface area contributed by atoms with Crippen LogP contribution >= 0.6 is 0 Å². The normalized spacial score (nSPS) is 11.1. The number of benzene rings is 1. The van der Waals surface area contributed by atoms with Crippen LogP contribution in [0.5, 0.6) is 0 Å². The van der Waals surface area contributed by atoms with Gasteiger partial charge < -0.3 is 2.85 Å². The predicted molar refractivity (Wildman–Crippen MR) is 62.4 cm³/mol. The molecule has 0 heterocycles. The van der Waals surface area contributed by atoms with Crippen LogP contribution in [0.15, 0.2) is 35.2 Å². The van der Waals surface area contributed by atoms with Gasteiger partial charge in [0.25, 0.3) is 10.1 Å². The Kier molecular flexibility index (Phi) is 7.04. The fourth-order valence-corrected chi connectivity index (χ4v) is 1.96. The van der Waals surface area contributed by atoms with E-state index >= 15 is 0 Å². The summed E-state index contributed by atoms with van der Waals surface area (Å²) < 4.78 is 27.9. The van der Waals surface area contributed by atoms with Gasteiger partial charge in [-0.25, -0.2) is 0 Å². The van der Waals surface area contributed by atoms with E-state index in [1.54, 1.807) is 18.2 Å². The minimum Gasteiger partial charge on any atom is -1.00 e. The molecule has 0 aliphatic carbocycles. The molecule has 0 spiro atoms. The first-order valence-corrected chi connectivity index (χ1v) is 5.87. The molecule has 0 fully saturated rings. The molecule has 0 bridgehead atoms. The number of rotatable bonds is 4. The topological polar surface area (TPSA) is 43.4 Å². The van der Waals surface area contributed by atoms with Gasteiger partial charge in [0.05, 0.1) is 11.5 Å². The zero-order valence-electron chi connectivity index (χ0n) is 11.0. The molecule has 0 saturated carbocycles. The van der Waals surface area contributed by atoms with E-state index in [0.717, 1.165) is 0 Å². The maximum Gasteiger partial charge on any atom is 2.00 e. The predicted octanol–water partition coefficient (Wildman–Crippen LogP) is 1.89. The first-order valence-electron chi connectivity index (χ1n) is 4.47. The maximum atomic E-state index is 11.5. The average molecular weight is 256 g/mol. The van der Waals surface area contributed by atoms with Crippen LogP contribution in [0.3, 0.4) is 0 Å². The average Bonchev–Trinajstić information content (AvgIpc) is 2.16. The third-order valence-corrected chi connectivity index (χ3v) is 2.88. The Labute approximate surface area is 124 Å². The fourth-order valence-electron chi connectivity index (χ4n) is 0.881. The van der Waals surface area contributed by atoms with Crippen molar-refractivity contribution < 1.29 is 15.5 Å². The molecule has 0 radical (unpaired) electrons. The summed E-state index contributed by atoms with van der Waals surface area (Å²) in [6.07, 6.45) is 0. The second kappa shape index (κ2) is 6.86. The van der Waals surface area contributed by atoms with Crippen molar-refractivity contribution in [2.45, 2.75) is 18.7 Å². The van der Waals surface area contributed by atoms with Crippen LogP contribution in [0.4, 0.5) is 0 Å². The minimum absolute atomic E-state index is 0. The van der Waals surface area contributed by atoms with Gasteiger partial charge in [0.1, 0.15) is 0 Å². The molecule has 15 heavy (non-hydrogen) atoms. The Balaban J connectivity index is -0.000000653. The summed E-state index contributed by atoms with van der Waals surface area (Å²) in [5, 5.41) is 0. The largest absolute Gasteiger partial charge is 2.00 e. The summed E-state index contributed by atoms with van der Waals surface area (Å²) in [4.78, 5) is 0.209. The molecule has 0 amide bonds. The Morgan fingerprint density at radius 2 is 1.80 bits per heavy atom. The van der Waals surface area contributed by atoms with Gasteiger partial charge in [0, 0.05) is 0 Å². The Morgan fingerprint density at radius 1 is 1.27 bits per heavy atom. The van der Waals surface area contributed by atoms with Crippen LogP contribution in [-0.2, 0) is 14.3 Å². The molecule has 0 N–H and O–H groups in total. The molecule has 0 unspecified atom stereocenters. The Morgan fingerprint density at radius 3 is 2.27 bits per heavy atom. The van der Waals surface area contributed by atoms with Crippen molar-refractivity contribution in [1.29, 1.82) is 0 Å². The van der Waals surface area contributed by atoms with Gasteiger partial charge in [0.2, 0.25) is 0 Å². The van der Waals surface area contributed by atoms with Crippen LogP contribution in [0, 0.1) is 5.92 Å². The van der Waals surface area contributed by atoms with E-state index in [0.29, 0.717) is 0 Å². The first-order chi connectivity index (χ1) is 6.52. The van der Waals surface area contributed by atoms with Crippen LogP contribution < -0.4 is 0 Å². The molecular formula is C10H16CaO3S. The second-order valence-electron chi connectivity index (χ2n) is 3.45. The van der Waals surface area contributed by atoms with Crippen molar-refractivity contribution in [3.63, 3.8) is 0 Å². The molecular weight excluding hydrogens is 240 g/mol. The van der Waals surface area contributed by atoms with E-state index in [1.807, 2.05) is 13.8 Å². The van der Waals surface area contributed by atoms with E-state index in [4.69, 9.17) is 4.18 Å². The summed E-state index contributed by atoms with van der Waals surface area (Å²) in [6.45, 7) is 4.03. The van der Waals surface area contributed by atoms with Crippen molar-refractivity contribution >= 4 is 47.9 Å². The van der Waals surface area contributed by atoms with Crippen LogP contribution in [0.25, 0.3) is 0 Å². The molecule has 1 aromatic carbocycles. The third kappa shape index (κ3) is 5.31. The Hall–Kier alpha value is 0.390. The molecule has 0 aromatic heterocycles. The van der Waals surface area contributed by atoms with Crippen molar-refractivity contribution in [3.05, 3.63) is 30.3 Å². The zero-order chi connectivity index (χ0) is 10.6. The summed E-state index contributed by atoms with van der Waals surface area (Å²) >= 11 is 0. The summed E-state index contributed by atoms with van der Waals surface area (Å²) in [5.41, 5.74) is 0. The zero-order valence-corrected chi connectivity index (χ0v) is 12.0. The SMILES string of the molecule is CC(C)COS(=O)(=O)c1ccccc1.[Ca+2].[H-].[H-]. The summed E-state index contributed by atoms with van der Waals surface area (Å²) in [7, 11) is -3.56. The van der Waals surface area contributed by atoms with Crippen LogP contribution in [-0.4, -0.2) is 52.8 Å². The van der Waals surface area contributed by atoms with Crippen LogP contribution in [0.1, 0.15) is 16.7 Å². The van der Waals surface area contributed by atoms with E-state index in [-0.39, 0.29) is 58.0 Å². The quantitative estimate of drug-likeness (QED) is 0.610. The number of hydrogen-bond acceptors (Lipinski definition) is 3. The van der Waals surface area contributed by atoms with E-state index in [1.165, 1.54) is 12.1 Å². The molecule has 0 saturated heterocycles. The Bertz CT molecular complexity index is 382. The standard InChI is InChI=1S/C10H14O3S.Ca.2H/c1-9(2)8-13-14(11,12)10-6-4-3-5-7-10;;;/h3-7,9H,8H2,1-2H3;;;/q;+2;2*-1. The van der Waals surface area contributed by atoms with E-state index < -0.39 is 10.1 Å². The summed E-state index contributed by atoms with van der Waals surface area (Å²) in [6, 6.07) is 8.16. The van der Waals surface area contributed by atoms with Gasteiger partial charge >= 0.3 is 37.7 Å². The molecule has 5 heteroatoms. The minimum atomic E-state index is -3.56.